The second-order valence-corrected chi connectivity index (χ2v) is 5.22. The third-order valence-corrected chi connectivity index (χ3v) is 4.12. The van der Waals surface area contributed by atoms with Crippen LogP contribution in [0.1, 0.15) is 16.4 Å². The molecule has 0 atom stereocenters. The Morgan fingerprint density at radius 2 is 2.06 bits per heavy atom. The molecule has 0 aliphatic heterocycles. The molecule has 2 aromatic rings. The Labute approximate surface area is 107 Å². The van der Waals surface area contributed by atoms with Gasteiger partial charge in [-0.05, 0) is 39.5 Å². The number of hydrogen-bond donors (Lipinski definition) is 2. The minimum Gasteiger partial charge on any atom is -0.463 e. The lowest BCUT2D eigenvalue weighted by Crippen LogP contribution is -2.11. The van der Waals surface area contributed by atoms with Gasteiger partial charge in [0.1, 0.15) is 11.5 Å². The lowest BCUT2D eigenvalue weighted by atomic mass is 10.4. The average molecular weight is 301 g/mol. The van der Waals surface area contributed by atoms with E-state index in [1.807, 2.05) is 12.1 Å². The predicted molar refractivity (Wildman–Crippen MR) is 69.2 cm³/mol. The fourth-order valence-corrected chi connectivity index (χ4v) is 2.84. The standard InChI is InChI=1S/C11H13BrN2OS/c12-10-3-4-16-11(10)7-14-6-9-2-1-8(5-13)15-9/h1-4,14H,5-7,13H2. The van der Waals surface area contributed by atoms with Crippen LogP contribution in [0.15, 0.2) is 32.5 Å². The van der Waals surface area contributed by atoms with Gasteiger partial charge in [-0.1, -0.05) is 0 Å². The zero-order valence-corrected chi connectivity index (χ0v) is 11.1. The van der Waals surface area contributed by atoms with Gasteiger partial charge in [-0.2, -0.15) is 0 Å². The van der Waals surface area contributed by atoms with Gasteiger partial charge in [0, 0.05) is 15.9 Å². The van der Waals surface area contributed by atoms with Gasteiger partial charge in [0.15, 0.2) is 0 Å². The van der Waals surface area contributed by atoms with Crippen molar-refractivity contribution in [2.75, 3.05) is 0 Å². The highest BCUT2D eigenvalue weighted by molar-refractivity contribution is 9.10. The Bertz CT molecular complexity index is 452. The Balaban J connectivity index is 1.82. The summed E-state index contributed by atoms with van der Waals surface area (Å²) in [5.41, 5.74) is 5.47. The molecule has 0 radical (unpaired) electrons. The lowest BCUT2D eigenvalue weighted by Gasteiger charge is -2.01. The molecule has 2 rings (SSSR count). The van der Waals surface area contributed by atoms with Gasteiger partial charge in [-0.25, -0.2) is 0 Å². The summed E-state index contributed by atoms with van der Waals surface area (Å²) in [6.07, 6.45) is 0. The second-order valence-electron chi connectivity index (χ2n) is 3.37. The van der Waals surface area contributed by atoms with Crippen molar-refractivity contribution in [3.63, 3.8) is 0 Å². The molecule has 86 valence electrons. The topological polar surface area (TPSA) is 51.2 Å². The molecule has 2 aromatic heterocycles. The van der Waals surface area contributed by atoms with E-state index < -0.39 is 0 Å². The van der Waals surface area contributed by atoms with Crippen molar-refractivity contribution >= 4 is 27.3 Å². The van der Waals surface area contributed by atoms with E-state index in [9.17, 15) is 0 Å². The van der Waals surface area contributed by atoms with Gasteiger partial charge in [-0.15, -0.1) is 11.3 Å². The molecule has 0 saturated heterocycles. The number of nitrogens with two attached hydrogens (primary N) is 1. The van der Waals surface area contributed by atoms with E-state index in [-0.39, 0.29) is 0 Å². The molecular weight excluding hydrogens is 288 g/mol. The van der Waals surface area contributed by atoms with Crippen LogP contribution in [0.2, 0.25) is 0 Å². The van der Waals surface area contributed by atoms with E-state index in [2.05, 4.69) is 32.7 Å². The molecular formula is C11H13BrN2OS. The Morgan fingerprint density at radius 1 is 1.25 bits per heavy atom. The first-order valence-corrected chi connectivity index (χ1v) is 6.67. The van der Waals surface area contributed by atoms with Crippen LogP contribution in [-0.4, -0.2) is 0 Å². The fourth-order valence-electron chi connectivity index (χ4n) is 1.38. The minimum absolute atomic E-state index is 0.455. The molecule has 3 N–H and O–H groups in total. The van der Waals surface area contributed by atoms with Crippen LogP contribution in [-0.2, 0) is 19.6 Å². The third-order valence-electron chi connectivity index (χ3n) is 2.19. The van der Waals surface area contributed by atoms with Crippen molar-refractivity contribution in [3.8, 4) is 0 Å². The molecule has 0 aliphatic rings. The molecule has 0 unspecified atom stereocenters. The first-order valence-electron chi connectivity index (χ1n) is 5.00. The van der Waals surface area contributed by atoms with E-state index in [1.165, 1.54) is 4.88 Å². The first-order chi connectivity index (χ1) is 7.79. The summed E-state index contributed by atoms with van der Waals surface area (Å²) < 4.78 is 6.65. The minimum atomic E-state index is 0.455. The maximum atomic E-state index is 5.49. The number of halogens is 1. The SMILES string of the molecule is NCc1ccc(CNCc2sccc2Br)o1. The van der Waals surface area contributed by atoms with Crippen LogP contribution in [0, 0.1) is 0 Å². The van der Waals surface area contributed by atoms with Gasteiger partial charge in [-0.3, -0.25) is 0 Å². The number of rotatable bonds is 5. The van der Waals surface area contributed by atoms with E-state index >= 15 is 0 Å². The summed E-state index contributed by atoms with van der Waals surface area (Å²) in [5, 5.41) is 5.40. The zero-order chi connectivity index (χ0) is 11.4. The van der Waals surface area contributed by atoms with Gasteiger partial charge >= 0.3 is 0 Å². The van der Waals surface area contributed by atoms with Crippen molar-refractivity contribution in [1.82, 2.24) is 5.32 Å². The van der Waals surface area contributed by atoms with Crippen molar-refractivity contribution in [3.05, 3.63) is 44.4 Å². The van der Waals surface area contributed by atoms with E-state index in [0.717, 1.165) is 29.1 Å². The van der Waals surface area contributed by atoms with E-state index in [1.54, 1.807) is 11.3 Å². The van der Waals surface area contributed by atoms with Gasteiger partial charge < -0.3 is 15.5 Å². The van der Waals surface area contributed by atoms with E-state index in [0.29, 0.717) is 6.54 Å². The van der Waals surface area contributed by atoms with Crippen molar-refractivity contribution in [2.45, 2.75) is 19.6 Å². The predicted octanol–water partition coefficient (Wildman–Crippen LogP) is 2.85. The monoisotopic (exact) mass is 300 g/mol. The second kappa shape index (κ2) is 5.63. The molecule has 0 fully saturated rings. The molecule has 0 amide bonds. The molecule has 5 heteroatoms. The zero-order valence-electron chi connectivity index (χ0n) is 8.70. The average Bonchev–Trinajstić information content (AvgIpc) is 2.89. The normalized spacial score (nSPS) is 10.9. The van der Waals surface area contributed by atoms with Crippen LogP contribution in [0.25, 0.3) is 0 Å². The summed E-state index contributed by atoms with van der Waals surface area (Å²) >= 11 is 5.23. The molecule has 2 heterocycles. The highest BCUT2D eigenvalue weighted by atomic mass is 79.9. The number of furan rings is 1. The summed E-state index contributed by atoms with van der Waals surface area (Å²) in [6, 6.07) is 5.93. The lowest BCUT2D eigenvalue weighted by molar-refractivity contribution is 0.448. The van der Waals surface area contributed by atoms with Gasteiger partial charge in [0.05, 0.1) is 13.1 Å². The molecule has 16 heavy (non-hydrogen) atoms. The van der Waals surface area contributed by atoms with Gasteiger partial charge in [0.25, 0.3) is 0 Å². The number of nitrogens with one attached hydrogen (secondary N) is 1. The van der Waals surface area contributed by atoms with Gasteiger partial charge in [0.2, 0.25) is 0 Å². The number of hydrogen-bond acceptors (Lipinski definition) is 4. The Morgan fingerprint density at radius 3 is 2.69 bits per heavy atom. The fraction of sp³-hybridized carbons (Fsp3) is 0.273. The summed E-state index contributed by atoms with van der Waals surface area (Å²) in [4.78, 5) is 1.30. The molecule has 0 saturated carbocycles. The summed E-state index contributed by atoms with van der Waals surface area (Å²) in [7, 11) is 0. The van der Waals surface area contributed by atoms with Crippen LogP contribution in [0.4, 0.5) is 0 Å². The molecule has 3 nitrogen and oxygen atoms in total. The number of thiophene rings is 1. The van der Waals surface area contributed by atoms with Crippen LogP contribution in [0.3, 0.4) is 0 Å². The highest BCUT2D eigenvalue weighted by Crippen LogP contribution is 2.22. The van der Waals surface area contributed by atoms with Crippen LogP contribution < -0.4 is 11.1 Å². The summed E-state index contributed by atoms with van der Waals surface area (Å²) in [6.45, 7) is 2.03. The molecule has 0 bridgehead atoms. The van der Waals surface area contributed by atoms with Crippen molar-refractivity contribution in [2.24, 2.45) is 5.73 Å². The third kappa shape index (κ3) is 2.95. The smallest absolute Gasteiger partial charge is 0.118 e. The quantitative estimate of drug-likeness (QED) is 0.893. The maximum Gasteiger partial charge on any atom is 0.118 e. The highest BCUT2D eigenvalue weighted by Gasteiger charge is 2.02. The molecule has 0 spiro atoms. The molecule has 0 aromatic carbocycles. The van der Waals surface area contributed by atoms with E-state index in [4.69, 9.17) is 10.2 Å². The van der Waals surface area contributed by atoms with Crippen LogP contribution in [0.5, 0.6) is 0 Å². The first kappa shape index (κ1) is 11.9. The summed E-state index contributed by atoms with van der Waals surface area (Å²) in [5.74, 6) is 1.75. The van der Waals surface area contributed by atoms with Crippen molar-refractivity contribution in [1.29, 1.82) is 0 Å². The van der Waals surface area contributed by atoms with Crippen molar-refractivity contribution < 1.29 is 4.42 Å². The maximum absolute atomic E-state index is 5.49. The largest absolute Gasteiger partial charge is 0.463 e. The Hall–Kier alpha value is -0.620. The van der Waals surface area contributed by atoms with Crippen LogP contribution >= 0.6 is 27.3 Å². The Kier molecular flexibility index (Phi) is 4.17. The molecule has 0 aliphatic carbocycles.